The fraction of sp³-hybridized carbons (Fsp3) is 0.0667. The van der Waals surface area contributed by atoms with Crippen LogP contribution in [0.1, 0.15) is 25.0 Å². The molecule has 0 bridgehead atoms. The van der Waals surface area contributed by atoms with Gasteiger partial charge in [-0.2, -0.15) is 0 Å². The van der Waals surface area contributed by atoms with Crippen molar-refractivity contribution < 1.29 is 0 Å². The van der Waals surface area contributed by atoms with E-state index in [0.717, 1.165) is 0 Å². The summed E-state index contributed by atoms with van der Waals surface area (Å²) in [6, 6.07) is 54.4. The van der Waals surface area contributed by atoms with E-state index >= 15 is 0 Å². The van der Waals surface area contributed by atoms with E-state index in [1.165, 1.54) is 98.0 Å². The third kappa shape index (κ3) is 3.27. The van der Waals surface area contributed by atoms with Crippen molar-refractivity contribution in [3.63, 3.8) is 0 Å². The lowest BCUT2D eigenvalue weighted by atomic mass is 9.77. The van der Waals surface area contributed by atoms with Gasteiger partial charge in [0, 0.05) is 5.41 Å². The summed E-state index contributed by atoms with van der Waals surface area (Å²) in [5.41, 5.74) is 8.09. The van der Waals surface area contributed by atoms with E-state index in [1.807, 2.05) is 0 Å². The van der Waals surface area contributed by atoms with E-state index in [9.17, 15) is 0 Å². The Morgan fingerprint density at radius 1 is 0.356 bits per heavy atom. The van der Waals surface area contributed by atoms with Crippen molar-refractivity contribution in [3.05, 3.63) is 157 Å². The maximum absolute atomic E-state index is 2.42. The highest BCUT2D eigenvalue weighted by Crippen LogP contribution is 2.56. The van der Waals surface area contributed by atoms with Crippen molar-refractivity contribution in [2.75, 3.05) is 0 Å². The van der Waals surface area contributed by atoms with Gasteiger partial charge in [0.25, 0.3) is 0 Å². The van der Waals surface area contributed by atoms with Crippen molar-refractivity contribution in [1.82, 2.24) is 0 Å². The van der Waals surface area contributed by atoms with Crippen molar-refractivity contribution in [3.8, 4) is 22.3 Å². The first-order valence-electron chi connectivity index (χ1n) is 15.9. The van der Waals surface area contributed by atoms with E-state index in [4.69, 9.17) is 0 Å². The summed E-state index contributed by atoms with van der Waals surface area (Å²) < 4.78 is 0. The van der Waals surface area contributed by atoms with Gasteiger partial charge in [-0.3, -0.25) is 0 Å². The normalized spacial score (nSPS) is 13.7. The molecule has 0 heterocycles. The molecule has 0 aromatic heterocycles. The molecular formula is C45H30. The van der Waals surface area contributed by atoms with Crippen molar-refractivity contribution in [2.45, 2.75) is 19.3 Å². The van der Waals surface area contributed by atoms with Crippen molar-refractivity contribution >= 4 is 64.6 Å². The van der Waals surface area contributed by atoms with Gasteiger partial charge in [-0.15, -0.1) is 0 Å². The molecule has 9 aromatic rings. The van der Waals surface area contributed by atoms with E-state index in [-0.39, 0.29) is 5.41 Å². The minimum absolute atomic E-state index is 0.133. The van der Waals surface area contributed by atoms with Crippen LogP contribution in [0, 0.1) is 0 Å². The maximum Gasteiger partial charge on any atom is 0.0171 e. The Morgan fingerprint density at radius 2 is 0.956 bits per heavy atom. The average molecular weight is 571 g/mol. The molecule has 0 fully saturated rings. The molecule has 1 aliphatic carbocycles. The number of hydrogen-bond acceptors (Lipinski definition) is 0. The molecule has 0 atom stereocenters. The Kier molecular flexibility index (Phi) is 4.88. The number of rotatable bonds is 1. The molecule has 210 valence electrons. The molecule has 0 radical (unpaired) electrons. The minimum atomic E-state index is -0.133. The zero-order valence-corrected chi connectivity index (χ0v) is 25.4. The third-order valence-electron chi connectivity index (χ3n) is 10.5. The standard InChI is InChI=1S/C45H30/c1-45(2)43-32-23-21-29(40-26-30-20-19-27-11-3-4-12-31(27)41(30)36-16-8-6-15-35(36)40)25-28(32)22-24-39(43)42-37-17-9-5-13-33(37)34-14-7-10-18-38(34)44(42)45/h3-26H,1-2H3. The number of benzene rings is 9. The van der Waals surface area contributed by atoms with Crippen LogP contribution < -0.4 is 0 Å². The topological polar surface area (TPSA) is 0 Å². The quantitative estimate of drug-likeness (QED) is 0.172. The van der Waals surface area contributed by atoms with Crippen LogP contribution in [0.25, 0.3) is 86.9 Å². The second-order valence-electron chi connectivity index (χ2n) is 13.2. The predicted molar refractivity (Wildman–Crippen MR) is 194 cm³/mol. The van der Waals surface area contributed by atoms with Crippen LogP contribution >= 0.6 is 0 Å². The minimum Gasteiger partial charge on any atom is -0.0616 e. The molecule has 45 heavy (non-hydrogen) atoms. The highest BCUT2D eigenvalue weighted by molar-refractivity contribution is 6.24. The Morgan fingerprint density at radius 3 is 1.76 bits per heavy atom. The maximum atomic E-state index is 2.42. The van der Waals surface area contributed by atoms with Gasteiger partial charge in [-0.1, -0.05) is 147 Å². The van der Waals surface area contributed by atoms with Gasteiger partial charge in [-0.05, 0) is 110 Å². The average Bonchev–Trinajstić information content (AvgIpc) is 3.34. The molecule has 0 aliphatic heterocycles. The summed E-state index contributed by atoms with van der Waals surface area (Å²) in [4.78, 5) is 0. The molecule has 1 aliphatic rings. The van der Waals surface area contributed by atoms with E-state index < -0.39 is 0 Å². The van der Waals surface area contributed by atoms with E-state index in [2.05, 4.69) is 159 Å². The van der Waals surface area contributed by atoms with Gasteiger partial charge in [0.2, 0.25) is 0 Å². The number of hydrogen-bond donors (Lipinski definition) is 0. The Balaban J connectivity index is 1.24. The first-order chi connectivity index (χ1) is 22.1. The summed E-state index contributed by atoms with van der Waals surface area (Å²) in [7, 11) is 0. The second-order valence-corrected chi connectivity index (χ2v) is 13.2. The molecule has 9 aromatic carbocycles. The largest absolute Gasteiger partial charge is 0.0616 e. The highest BCUT2D eigenvalue weighted by Gasteiger charge is 2.39. The van der Waals surface area contributed by atoms with Crippen LogP contribution in [0.15, 0.2) is 146 Å². The van der Waals surface area contributed by atoms with E-state index in [1.54, 1.807) is 0 Å². The zero-order valence-electron chi connectivity index (χ0n) is 25.4. The lowest BCUT2D eigenvalue weighted by Crippen LogP contribution is -2.16. The van der Waals surface area contributed by atoms with Crippen LogP contribution in [0.4, 0.5) is 0 Å². The van der Waals surface area contributed by atoms with Crippen LogP contribution in [0.5, 0.6) is 0 Å². The van der Waals surface area contributed by atoms with Gasteiger partial charge >= 0.3 is 0 Å². The van der Waals surface area contributed by atoms with Gasteiger partial charge in [0.1, 0.15) is 0 Å². The SMILES string of the molecule is CC1(C)c2c(ccc3cc(-c4cc5ccc6ccccc6c5c5ccccc45)ccc23)-c2c1c1ccccc1c1ccccc21. The van der Waals surface area contributed by atoms with Gasteiger partial charge in [0.15, 0.2) is 0 Å². The summed E-state index contributed by atoms with van der Waals surface area (Å²) in [5.74, 6) is 0. The molecule has 0 spiro atoms. The third-order valence-corrected chi connectivity index (χ3v) is 10.5. The second kappa shape index (κ2) is 8.80. The lowest BCUT2D eigenvalue weighted by Gasteiger charge is -2.25. The molecule has 0 saturated carbocycles. The van der Waals surface area contributed by atoms with E-state index in [0.29, 0.717) is 0 Å². The predicted octanol–water partition coefficient (Wildman–Crippen LogP) is 12.6. The molecule has 10 rings (SSSR count). The summed E-state index contributed by atoms with van der Waals surface area (Å²) in [6.07, 6.45) is 0. The first kappa shape index (κ1) is 24.9. The molecule has 0 N–H and O–H groups in total. The summed E-state index contributed by atoms with van der Waals surface area (Å²) in [6.45, 7) is 4.85. The summed E-state index contributed by atoms with van der Waals surface area (Å²) >= 11 is 0. The van der Waals surface area contributed by atoms with Gasteiger partial charge in [-0.25, -0.2) is 0 Å². The fourth-order valence-corrected chi connectivity index (χ4v) is 8.69. The Hall–Kier alpha value is -5.46. The molecular weight excluding hydrogens is 540 g/mol. The fourth-order valence-electron chi connectivity index (χ4n) is 8.69. The highest BCUT2D eigenvalue weighted by atomic mass is 14.4. The van der Waals surface area contributed by atoms with Gasteiger partial charge < -0.3 is 0 Å². The molecule has 0 heteroatoms. The van der Waals surface area contributed by atoms with Gasteiger partial charge in [0.05, 0.1) is 0 Å². The lowest BCUT2D eigenvalue weighted by molar-refractivity contribution is 0.672. The van der Waals surface area contributed by atoms with Crippen LogP contribution in [0.2, 0.25) is 0 Å². The number of fused-ring (bicyclic) bond motifs is 15. The summed E-state index contributed by atoms with van der Waals surface area (Å²) in [5, 5.41) is 15.9. The molecule has 0 saturated heterocycles. The Labute approximate surface area is 262 Å². The van der Waals surface area contributed by atoms with Crippen molar-refractivity contribution in [1.29, 1.82) is 0 Å². The van der Waals surface area contributed by atoms with Crippen LogP contribution in [-0.4, -0.2) is 0 Å². The van der Waals surface area contributed by atoms with Crippen molar-refractivity contribution in [2.24, 2.45) is 0 Å². The first-order valence-corrected chi connectivity index (χ1v) is 15.9. The van der Waals surface area contributed by atoms with Crippen LogP contribution in [-0.2, 0) is 5.41 Å². The smallest absolute Gasteiger partial charge is 0.0171 e. The molecule has 0 nitrogen and oxygen atoms in total. The molecule has 0 unspecified atom stereocenters. The monoisotopic (exact) mass is 570 g/mol. The van der Waals surface area contributed by atoms with Crippen LogP contribution in [0.3, 0.4) is 0 Å². The molecule has 0 amide bonds. The Bertz CT molecular complexity index is 2720. The zero-order chi connectivity index (χ0) is 29.9.